The van der Waals surface area contributed by atoms with Gasteiger partial charge in [0, 0.05) is 19.5 Å². The van der Waals surface area contributed by atoms with Gasteiger partial charge in [-0.05, 0) is 30.9 Å². The zero-order chi connectivity index (χ0) is 11.5. The molecule has 2 aliphatic heterocycles. The van der Waals surface area contributed by atoms with Crippen LogP contribution in [0.3, 0.4) is 0 Å². The highest BCUT2D eigenvalue weighted by Gasteiger charge is 2.33. The molecule has 2 atom stereocenters. The van der Waals surface area contributed by atoms with E-state index in [4.69, 9.17) is 5.11 Å². The van der Waals surface area contributed by atoms with Crippen molar-refractivity contribution in [3.05, 3.63) is 0 Å². The lowest BCUT2D eigenvalue weighted by molar-refractivity contribution is -0.138. The molecule has 0 spiro atoms. The van der Waals surface area contributed by atoms with E-state index in [0.29, 0.717) is 6.54 Å². The SMILES string of the molecule is O=C(O)CC1CCN(C(=O)C2CCCS2)C1. The predicted octanol–water partition coefficient (Wildman–Crippen LogP) is 1.21. The molecule has 0 aliphatic carbocycles. The maximum Gasteiger partial charge on any atom is 0.303 e. The van der Waals surface area contributed by atoms with Crippen molar-refractivity contribution in [1.29, 1.82) is 0 Å². The first-order valence-electron chi connectivity index (χ1n) is 5.79. The van der Waals surface area contributed by atoms with Crippen molar-refractivity contribution >= 4 is 23.6 Å². The molecule has 0 saturated carbocycles. The Morgan fingerprint density at radius 3 is 2.81 bits per heavy atom. The molecule has 0 aromatic rings. The van der Waals surface area contributed by atoms with Crippen molar-refractivity contribution in [3.63, 3.8) is 0 Å². The van der Waals surface area contributed by atoms with Gasteiger partial charge in [-0.3, -0.25) is 9.59 Å². The lowest BCUT2D eigenvalue weighted by atomic mass is 10.1. The third kappa shape index (κ3) is 2.70. The van der Waals surface area contributed by atoms with E-state index in [9.17, 15) is 9.59 Å². The highest BCUT2D eigenvalue weighted by molar-refractivity contribution is 8.00. The summed E-state index contributed by atoms with van der Waals surface area (Å²) in [6.45, 7) is 1.38. The molecule has 2 rings (SSSR count). The van der Waals surface area contributed by atoms with E-state index >= 15 is 0 Å². The standard InChI is InChI=1S/C11H17NO3S/c13-10(14)6-8-3-4-12(7-8)11(15)9-2-1-5-16-9/h8-9H,1-7H2,(H,13,14). The Labute approximate surface area is 99.4 Å². The van der Waals surface area contributed by atoms with E-state index in [2.05, 4.69) is 0 Å². The summed E-state index contributed by atoms with van der Waals surface area (Å²) in [6, 6.07) is 0. The van der Waals surface area contributed by atoms with Crippen molar-refractivity contribution in [2.75, 3.05) is 18.8 Å². The molecule has 0 aromatic carbocycles. The molecule has 2 unspecified atom stereocenters. The number of carboxylic acids is 1. The summed E-state index contributed by atoms with van der Waals surface area (Å²) in [6.07, 6.45) is 3.16. The van der Waals surface area contributed by atoms with Crippen LogP contribution in [0.4, 0.5) is 0 Å². The van der Waals surface area contributed by atoms with Gasteiger partial charge >= 0.3 is 5.97 Å². The molecule has 0 bridgehead atoms. The number of carboxylic acid groups (broad SMARTS) is 1. The highest BCUT2D eigenvalue weighted by atomic mass is 32.2. The Kier molecular flexibility index (Phi) is 3.74. The quantitative estimate of drug-likeness (QED) is 0.809. The zero-order valence-electron chi connectivity index (χ0n) is 9.22. The maximum absolute atomic E-state index is 12.0. The normalized spacial score (nSPS) is 29.6. The number of carbonyl (C=O) groups is 2. The lowest BCUT2D eigenvalue weighted by Gasteiger charge is -2.19. The summed E-state index contributed by atoms with van der Waals surface area (Å²) < 4.78 is 0. The number of thioether (sulfide) groups is 1. The summed E-state index contributed by atoms with van der Waals surface area (Å²) >= 11 is 1.74. The largest absolute Gasteiger partial charge is 0.481 e. The number of carbonyl (C=O) groups excluding carboxylic acids is 1. The molecule has 16 heavy (non-hydrogen) atoms. The Bertz CT molecular complexity index is 289. The third-order valence-corrected chi connectivity index (χ3v) is 4.63. The summed E-state index contributed by atoms with van der Waals surface area (Å²) in [7, 11) is 0. The fraction of sp³-hybridized carbons (Fsp3) is 0.818. The van der Waals surface area contributed by atoms with Crippen molar-refractivity contribution < 1.29 is 14.7 Å². The second-order valence-electron chi connectivity index (χ2n) is 4.54. The Morgan fingerprint density at radius 2 is 2.19 bits per heavy atom. The van der Waals surface area contributed by atoms with Crippen LogP contribution in [0, 0.1) is 5.92 Å². The average molecular weight is 243 g/mol. The first-order valence-corrected chi connectivity index (χ1v) is 6.84. The van der Waals surface area contributed by atoms with Crippen LogP contribution >= 0.6 is 11.8 Å². The number of hydrogen-bond acceptors (Lipinski definition) is 3. The minimum atomic E-state index is -0.755. The van der Waals surface area contributed by atoms with E-state index in [0.717, 1.165) is 31.6 Å². The molecule has 2 saturated heterocycles. The van der Waals surface area contributed by atoms with Crippen molar-refractivity contribution in [1.82, 2.24) is 4.90 Å². The van der Waals surface area contributed by atoms with Crippen LogP contribution in [0.1, 0.15) is 25.7 Å². The van der Waals surface area contributed by atoms with Crippen molar-refractivity contribution in [2.45, 2.75) is 30.9 Å². The lowest BCUT2D eigenvalue weighted by Crippen LogP contribution is -2.35. The molecule has 2 fully saturated rings. The summed E-state index contributed by atoms with van der Waals surface area (Å²) in [5.74, 6) is 0.723. The molecular weight excluding hydrogens is 226 g/mol. The number of hydrogen-bond donors (Lipinski definition) is 1. The number of likely N-dealkylation sites (tertiary alicyclic amines) is 1. The topological polar surface area (TPSA) is 57.6 Å². The fourth-order valence-electron chi connectivity index (χ4n) is 2.42. The number of rotatable bonds is 3. The minimum Gasteiger partial charge on any atom is -0.481 e. The van der Waals surface area contributed by atoms with Gasteiger partial charge in [-0.2, -0.15) is 0 Å². The Balaban J connectivity index is 1.83. The van der Waals surface area contributed by atoms with E-state index in [-0.39, 0.29) is 23.5 Å². The van der Waals surface area contributed by atoms with E-state index in [1.807, 2.05) is 4.90 Å². The molecule has 2 heterocycles. The molecule has 1 N–H and O–H groups in total. The summed E-state index contributed by atoms with van der Waals surface area (Å²) in [5.41, 5.74) is 0. The fourth-order valence-corrected chi connectivity index (χ4v) is 3.67. The van der Waals surface area contributed by atoms with Crippen LogP contribution in [0.15, 0.2) is 0 Å². The highest BCUT2D eigenvalue weighted by Crippen LogP contribution is 2.30. The molecule has 2 aliphatic rings. The second-order valence-corrected chi connectivity index (χ2v) is 5.85. The Morgan fingerprint density at radius 1 is 1.38 bits per heavy atom. The van der Waals surface area contributed by atoms with Crippen LogP contribution in [-0.2, 0) is 9.59 Å². The van der Waals surface area contributed by atoms with Gasteiger partial charge in [0.1, 0.15) is 0 Å². The second kappa shape index (κ2) is 5.08. The van der Waals surface area contributed by atoms with Gasteiger partial charge in [0.2, 0.25) is 5.91 Å². The van der Waals surface area contributed by atoms with Crippen LogP contribution in [-0.4, -0.2) is 46.0 Å². The van der Waals surface area contributed by atoms with Gasteiger partial charge in [0.05, 0.1) is 5.25 Å². The van der Waals surface area contributed by atoms with Crippen molar-refractivity contribution in [2.24, 2.45) is 5.92 Å². The molecular formula is C11H17NO3S. The molecule has 90 valence electrons. The van der Waals surface area contributed by atoms with Crippen LogP contribution in [0.2, 0.25) is 0 Å². The summed E-state index contributed by atoms with van der Waals surface area (Å²) in [5, 5.41) is 8.84. The molecule has 1 amide bonds. The number of amides is 1. The van der Waals surface area contributed by atoms with E-state index in [1.165, 1.54) is 0 Å². The number of aliphatic carboxylic acids is 1. The Hall–Kier alpha value is -0.710. The van der Waals surface area contributed by atoms with E-state index in [1.54, 1.807) is 11.8 Å². The van der Waals surface area contributed by atoms with Gasteiger partial charge in [0.15, 0.2) is 0 Å². The molecule has 4 nitrogen and oxygen atoms in total. The zero-order valence-corrected chi connectivity index (χ0v) is 10.0. The van der Waals surface area contributed by atoms with Gasteiger partial charge in [-0.1, -0.05) is 0 Å². The number of nitrogens with zero attached hydrogens (tertiary/aromatic N) is 1. The first-order chi connectivity index (χ1) is 7.66. The van der Waals surface area contributed by atoms with Crippen LogP contribution in [0.5, 0.6) is 0 Å². The average Bonchev–Trinajstić information content (AvgIpc) is 2.84. The smallest absolute Gasteiger partial charge is 0.303 e. The molecule has 0 radical (unpaired) electrons. The molecule has 5 heteroatoms. The van der Waals surface area contributed by atoms with E-state index < -0.39 is 5.97 Å². The van der Waals surface area contributed by atoms with Crippen LogP contribution < -0.4 is 0 Å². The summed E-state index contributed by atoms with van der Waals surface area (Å²) in [4.78, 5) is 24.5. The molecule has 0 aromatic heterocycles. The maximum atomic E-state index is 12.0. The third-order valence-electron chi connectivity index (χ3n) is 3.27. The van der Waals surface area contributed by atoms with Crippen LogP contribution in [0.25, 0.3) is 0 Å². The monoisotopic (exact) mass is 243 g/mol. The minimum absolute atomic E-state index is 0.142. The van der Waals surface area contributed by atoms with Gasteiger partial charge in [0.25, 0.3) is 0 Å². The van der Waals surface area contributed by atoms with Crippen molar-refractivity contribution in [3.8, 4) is 0 Å². The predicted molar refractivity (Wildman–Crippen MR) is 62.4 cm³/mol. The first kappa shape index (κ1) is 11.8. The van der Waals surface area contributed by atoms with Gasteiger partial charge < -0.3 is 10.0 Å². The van der Waals surface area contributed by atoms with Gasteiger partial charge in [-0.25, -0.2) is 0 Å². The van der Waals surface area contributed by atoms with Gasteiger partial charge in [-0.15, -0.1) is 11.8 Å².